The fourth-order valence-corrected chi connectivity index (χ4v) is 2.15. The summed E-state index contributed by atoms with van der Waals surface area (Å²) in [5.74, 6) is 1.06. The third-order valence-corrected chi connectivity index (χ3v) is 3.34. The van der Waals surface area contributed by atoms with Crippen LogP contribution >= 0.6 is 0 Å². The van der Waals surface area contributed by atoms with Crippen molar-refractivity contribution in [2.75, 3.05) is 32.6 Å². The number of nitrogens with zero attached hydrogens (tertiary/aromatic N) is 4. The second kappa shape index (κ2) is 6.47. The van der Waals surface area contributed by atoms with Gasteiger partial charge in [0.15, 0.2) is 0 Å². The Bertz CT molecular complexity index is 499. The maximum absolute atomic E-state index is 11.9. The lowest BCUT2D eigenvalue weighted by Crippen LogP contribution is -2.37. The van der Waals surface area contributed by atoms with E-state index in [-0.39, 0.29) is 11.4 Å². The fraction of sp³-hybridized carbons (Fsp3) is 0.733. The summed E-state index contributed by atoms with van der Waals surface area (Å²) >= 11 is 0. The van der Waals surface area contributed by atoms with E-state index in [1.54, 1.807) is 19.0 Å². The first-order valence-electron chi connectivity index (χ1n) is 7.21. The van der Waals surface area contributed by atoms with Crippen molar-refractivity contribution in [3.63, 3.8) is 0 Å². The summed E-state index contributed by atoms with van der Waals surface area (Å²) in [5, 5.41) is 7.98. The predicted octanol–water partition coefficient (Wildman–Crippen LogP) is 1.14. The van der Waals surface area contributed by atoms with Gasteiger partial charge in [0.25, 0.3) is 0 Å². The molecule has 1 heterocycles. The van der Waals surface area contributed by atoms with E-state index in [2.05, 4.69) is 31.2 Å². The molecule has 21 heavy (non-hydrogen) atoms. The SMILES string of the molecule is Cc1nn(C)c(N(C)CC(=O)N(C)C)c1CNC(C)(C)C. The summed E-state index contributed by atoms with van der Waals surface area (Å²) in [7, 11) is 7.39. The van der Waals surface area contributed by atoms with Crippen molar-refractivity contribution >= 4 is 11.7 Å². The first-order valence-corrected chi connectivity index (χ1v) is 7.21. The number of anilines is 1. The smallest absolute Gasteiger partial charge is 0.241 e. The molecule has 1 aromatic rings. The molecule has 0 spiro atoms. The van der Waals surface area contributed by atoms with Crippen LogP contribution in [0.15, 0.2) is 0 Å². The van der Waals surface area contributed by atoms with E-state index in [0.717, 1.165) is 23.6 Å². The molecule has 0 aliphatic rings. The minimum absolute atomic E-state index is 0.0393. The Hall–Kier alpha value is -1.56. The van der Waals surface area contributed by atoms with Gasteiger partial charge in [0.05, 0.1) is 12.2 Å². The van der Waals surface area contributed by atoms with E-state index in [1.165, 1.54) is 0 Å². The lowest BCUT2D eigenvalue weighted by Gasteiger charge is -2.24. The number of likely N-dealkylation sites (N-methyl/N-ethyl adjacent to an activating group) is 2. The molecule has 0 aromatic carbocycles. The van der Waals surface area contributed by atoms with Crippen LogP contribution in [0.5, 0.6) is 0 Å². The first kappa shape index (κ1) is 17.5. The van der Waals surface area contributed by atoms with Gasteiger partial charge >= 0.3 is 0 Å². The van der Waals surface area contributed by atoms with Crippen LogP contribution in [0.2, 0.25) is 0 Å². The molecule has 0 saturated heterocycles. The van der Waals surface area contributed by atoms with Crippen molar-refractivity contribution in [3.8, 4) is 0 Å². The van der Waals surface area contributed by atoms with Gasteiger partial charge in [-0.25, -0.2) is 0 Å². The van der Waals surface area contributed by atoms with E-state index in [0.29, 0.717) is 6.54 Å². The Morgan fingerprint density at radius 2 is 1.86 bits per heavy atom. The molecule has 0 bridgehead atoms. The van der Waals surface area contributed by atoms with Gasteiger partial charge in [0.1, 0.15) is 5.82 Å². The molecule has 120 valence electrons. The van der Waals surface area contributed by atoms with Crippen molar-refractivity contribution in [3.05, 3.63) is 11.3 Å². The molecule has 1 aromatic heterocycles. The molecule has 0 atom stereocenters. The number of carbonyl (C=O) groups is 1. The molecule has 6 heteroatoms. The van der Waals surface area contributed by atoms with Gasteiger partial charge in [-0.2, -0.15) is 5.10 Å². The standard InChI is InChI=1S/C15H29N5O/c1-11-12(9-16-15(2,3)4)14(20(8)17-11)19(7)10-13(21)18(5)6/h16H,9-10H2,1-8H3. The third kappa shape index (κ3) is 4.74. The minimum Gasteiger partial charge on any atom is -0.350 e. The lowest BCUT2D eigenvalue weighted by atomic mass is 10.1. The van der Waals surface area contributed by atoms with E-state index in [4.69, 9.17) is 0 Å². The van der Waals surface area contributed by atoms with Crippen LogP contribution in [0.1, 0.15) is 32.0 Å². The van der Waals surface area contributed by atoms with E-state index >= 15 is 0 Å². The Kier molecular flexibility index (Phi) is 5.39. The van der Waals surface area contributed by atoms with E-state index in [9.17, 15) is 4.79 Å². The molecule has 0 unspecified atom stereocenters. The van der Waals surface area contributed by atoms with Crippen molar-refractivity contribution < 1.29 is 4.79 Å². The number of hydrogen-bond acceptors (Lipinski definition) is 4. The summed E-state index contributed by atoms with van der Waals surface area (Å²) in [6.07, 6.45) is 0. The fourth-order valence-electron chi connectivity index (χ4n) is 2.15. The zero-order valence-corrected chi connectivity index (χ0v) is 14.6. The third-order valence-electron chi connectivity index (χ3n) is 3.34. The Morgan fingerprint density at radius 3 is 2.33 bits per heavy atom. The van der Waals surface area contributed by atoms with Crippen LogP contribution in [-0.4, -0.2) is 53.8 Å². The Morgan fingerprint density at radius 1 is 1.29 bits per heavy atom. The van der Waals surface area contributed by atoms with Crippen molar-refractivity contribution in [1.82, 2.24) is 20.0 Å². The van der Waals surface area contributed by atoms with Crippen LogP contribution in [0.25, 0.3) is 0 Å². The molecule has 0 radical (unpaired) electrons. The molecule has 1 N–H and O–H groups in total. The quantitative estimate of drug-likeness (QED) is 0.885. The average molecular weight is 295 g/mol. The second-order valence-corrected chi connectivity index (χ2v) is 6.76. The molecular weight excluding hydrogens is 266 g/mol. The van der Waals surface area contributed by atoms with Crippen LogP contribution < -0.4 is 10.2 Å². The summed E-state index contributed by atoms with van der Waals surface area (Å²) < 4.78 is 1.85. The van der Waals surface area contributed by atoms with Gasteiger partial charge in [0.2, 0.25) is 5.91 Å². The summed E-state index contributed by atoms with van der Waals surface area (Å²) in [5.41, 5.74) is 2.17. The van der Waals surface area contributed by atoms with Crippen molar-refractivity contribution in [1.29, 1.82) is 0 Å². The number of aromatic nitrogens is 2. The number of carbonyl (C=O) groups excluding carboxylic acids is 1. The number of nitrogens with one attached hydrogen (secondary N) is 1. The second-order valence-electron chi connectivity index (χ2n) is 6.76. The van der Waals surface area contributed by atoms with Gasteiger partial charge in [-0.1, -0.05) is 0 Å². The van der Waals surface area contributed by atoms with Gasteiger partial charge in [0, 0.05) is 45.8 Å². The normalized spacial score (nSPS) is 11.6. The molecule has 0 fully saturated rings. The highest BCUT2D eigenvalue weighted by Crippen LogP contribution is 2.22. The topological polar surface area (TPSA) is 53.4 Å². The van der Waals surface area contributed by atoms with E-state index < -0.39 is 0 Å². The maximum Gasteiger partial charge on any atom is 0.241 e. The van der Waals surface area contributed by atoms with Crippen LogP contribution in [0.4, 0.5) is 5.82 Å². The lowest BCUT2D eigenvalue weighted by molar-refractivity contribution is -0.127. The number of aryl methyl sites for hydroxylation is 2. The predicted molar refractivity (Wildman–Crippen MR) is 86.5 cm³/mol. The molecular formula is C15H29N5O. The first-order chi connectivity index (χ1) is 9.53. The molecule has 1 amide bonds. The largest absolute Gasteiger partial charge is 0.350 e. The summed E-state index contributed by atoms with van der Waals surface area (Å²) in [4.78, 5) is 15.5. The molecule has 0 saturated carbocycles. The molecule has 0 aliphatic carbocycles. The number of rotatable bonds is 5. The maximum atomic E-state index is 11.9. The number of amides is 1. The minimum atomic E-state index is 0.0393. The van der Waals surface area contributed by atoms with Gasteiger partial charge in [-0.3, -0.25) is 9.48 Å². The van der Waals surface area contributed by atoms with Crippen molar-refractivity contribution in [2.24, 2.45) is 7.05 Å². The monoisotopic (exact) mass is 295 g/mol. The van der Waals surface area contributed by atoms with Gasteiger partial charge in [-0.15, -0.1) is 0 Å². The Labute approximate surface area is 128 Å². The Balaban J connectivity index is 2.98. The molecule has 1 rings (SSSR count). The van der Waals surface area contributed by atoms with Gasteiger partial charge in [-0.05, 0) is 27.7 Å². The van der Waals surface area contributed by atoms with Crippen LogP contribution in [-0.2, 0) is 18.4 Å². The van der Waals surface area contributed by atoms with Crippen molar-refractivity contribution in [2.45, 2.75) is 39.8 Å². The molecule has 0 aliphatic heterocycles. The zero-order chi connectivity index (χ0) is 16.4. The summed E-state index contributed by atoms with van der Waals surface area (Å²) in [6, 6.07) is 0. The zero-order valence-electron chi connectivity index (χ0n) is 14.6. The van der Waals surface area contributed by atoms with Gasteiger partial charge < -0.3 is 15.1 Å². The highest BCUT2D eigenvalue weighted by molar-refractivity contribution is 5.80. The highest BCUT2D eigenvalue weighted by atomic mass is 16.2. The molecule has 6 nitrogen and oxygen atoms in total. The highest BCUT2D eigenvalue weighted by Gasteiger charge is 2.20. The number of hydrogen-bond donors (Lipinski definition) is 1. The van der Waals surface area contributed by atoms with E-state index in [1.807, 2.05) is 30.6 Å². The average Bonchev–Trinajstić information content (AvgIpc) is 2.59. The van der Waals surface area contributed by atoms with Crippen LogP contribution in [0.3, 0.4) is 0 Å². The summed E-state index contributed by atoms with van der Waals surface area (Å²) in [6.45, 7) is 9.49. The van der Waals surface area contributed by atoms with Crippen LogP contribution in [0, 0.1) is 6.92 Å².